The van der Waals surface area contributed by atoms with Crippen LogP contribution in [0.5, 0.6) is 0 Å². The van der Waals surface area contributed by atoms with Crippen LogP contribution in [0.15, 0.2) is 65.6 Å². The summed E-state index contributed by atoms with van der Waals surface area (Å²) in [6, 6.07) is 6.18. The average Bonchev–Trinajstić information content (AvgIpc) is 2.82. The molecule has 1 atom stereocenters. The lowest BCUT2D eigenvalue weighted by atomic mass is 10.1. The molecule has 1 unspecified atom stereocenters. The molecule has 12 heteroatoms. The van der Waals surface area contributed by atoms with E-state index in [1.807, 2.05) is 0 Å². The number of fused-ring (bicyclic) bond motifs is 1. The number of rotatable bonds is 5. The molecule has 0 radical (unpaired) electrons. The summed E-state index contributed by atoms with van der Waals surface area (Å²) in [5.74, 6) is -4.01. The first-order chi connectivity index (χ1) is 17.4. The molecule has 4 aromatic rings. The van der Waals surface area contributed by atoms with Crippen LogP contribution in [0.25, 0.3) is 16.7 Å². The van der Waals surface area contributed by atoms with Gasteiger partial charge in [-0.2, -0.15) is 13.2 Å². The largest absolute Gasteiger partial charge is 0.412 e. The zero-order valence-electron chi connectivity index (χ0n) is 19.3. The summed E-state index contributed by atoms with van der Waals surface area (Å²) in [7, 11) is 3.31. The smallest absolute Gasteiger partial charge is 0.363 e. The Bertz CT molecular complexity index is 1570. The molecule has 0 aliphatic rings. The first-order valence-electron chi connectivity index (χ1n) is 10.7. The number of nitrogens with one attached hydrogen (secondary N) is 1. The molecule has 6 nitrogen and oxygen atoms in total. The van der Waals surface area contributed by atoms with Gasteiger partial charge in [0.1, 0.15) is 28.8 Å². The topological polar surface area (TPSA) is 67.2 Å². The Labute approximate surface area is 205 Å². The molecular formula is C25H18F6N4O2. The Morgan fingerprint density at radius 1 is 1.00 bits per heavy atom. The van der Waals surface area contributed by atoms with Gasteiger partial charge in [0.05, 0.1) is 11.1 Å². The van der Waals surface area contributed by atoms with Gasteiger partial charge in [0, 0.05) is 26.4 Å². The van der Waals surface area contributed by atoms with Crippen LogP contribution in [0.4, 0.5) is 32.2 Å². The van der Waals surface area contributed by atoms with Gasteiger partial charge in [-0.15, -0.1) is 0 Å². The molecule has 37 heavy (non-hydrogen) atoms. The van der Waals surface area contributed by atoms with Crippen LogP contribution >= 0.6 is 0 Å². The molecule has 0 aliphatic carbocycles. The van der Waals surface area contributed by atoms with Crippen LogP contribution in [0, 0.1) is 17.5 Å². The lowest BCUT2D eigenvalue weighted by Crippen LogP contribution is -2.40. The number of aromatic nitrogens is 2. The number of benzene rings is 2. The van der Waals surface area contributed by atoms with Crippen LogP contribution in [-0.2, 0) is 0 Å². The second-order valence-corrected chi connectivity index (χ2v) is 8.28. The third kappa shape index (κ3) is 5.13. The molecule has 192 valence electrons. The first kappa shape index (κ1) is 25.7. The zero-order chi connectivity index (χ0) is 27.1. The Morgan fingerprint density at radius 2 is 1.70 bits per heavy atom. The van der Waals surface area contributed by atoms with Gasteiger partial charge in [0.25, 0.3) is 5.91 Å². The monoisotopic (exact) mass is 520 g/mol. The van der Waals surface area contributed by atoms with Crippen molar-refractivity contribution < 1.29 is 31.1 Å². The molecule has 2 aromatic carbocycles. The number of carbonyl (C=O) groups excluding carboxylic acids is 1. The van der Waals surface area contributed by atoms with E-state index in [9.17, 15) is 35.9 Å². The number of hydrogen-bond donors (Lipinski definition) is 1. The number of pyridine rings is 2. The lowest BCUT2D eigenvalue weighted by molar-refractivity contribution is -0.155. The van der Waals surface area contributed by atoms with Crippen molar-refractivity contribution in [3.05, 3.63) is 99.6 Å². The Hall–Kier alpha value is -4.35. The Balaban J connectivity index is 1.91. The van der Waals surface area contributed by atoms with Crippen molar-refractivity contribution in [3.63, 3.8) is 0 Å². The number of carbonyl (C=O) groups is 1. The highest BCUT2D eigenvalue weighted by molar-refractivity contribution is 5.97. The lowest BCUT2D eigenvalue weighted by Gasteiger charge is -2.22. The van der Waals surface area contributed by atoms with Gasteiger partial charge < -0.3 is 10.2 Å². The molecule has 0 spiro atoms. The van der Waals surface area contributed by atoms with Gasteiger partial charge in [-0.3, -0.25) is 14.2 Å². The first-order valence-corrected chi connectivity index (χ1v) is 10.7. The number of hydrogen-bond acceptors (Lipinski definition) is 4. The Morgan fingerprint density at radius 3 is 2.32 bits per heavy atom. The van der Waals surface area contributed by atoms with Gasteiger partial charge >= 0.3 is 6.18 Å². The van der Waals surface area contributed by atoms with Crippen molar-refractivity contribution in [2.24, 2.45) is 0 Å². The SMILES string of the molecule is CN(C)c1ccc2c(=O)c(C(=O)NC(c3cccc(F)c3)C(F)(F)F)cn(-c3ccc(F)cc3F)c2n1. The van der Waals surface area contributed by atoms with E-state index >= 15 is 0 Å². The summed E-state index contributed by atoms with van der Waals surface area (Å²) in [5, 5.41) is 1.53. The molecular weight excluding hydrogens is 502 g/mol. The maximum absolute atomic E-state index is 14.7. The van der Waals surface area contributed by atoms with Gasteiger partial charge in [0.2, 0.25) is 5.43 Å². The minimum atomic E-state index is -5.04. The van der Waals surface area contributed by atoms with E-state index in [1.54, 1.807) is 24.3 Å². The van der Waals surface area contributed by atoms with Crippen LogP contribution in [0.3, 0.4) is 0 Å². The second-order valence-electron chi connectivity index (χ2n) is 8.28. The molecule has 0 aliphatic heterocycles. The fraction of sp³-hybridized carbons (Fsp3) is 0.160. The van der Waals surface area contributed by atoms with Crippen molar-refractivity contribution in [1.82, 2.24) is 14.9 Å². The zero-order valence-corrected chi connectivity index (χ0v) is 19.3. The molecule has 4 rings (SSSR count). The maximum Gasteiger partial charge on any atom is 0.412 e. The van der Waals surface area contributed by atoms with Gasteiger partial charge in [0.15, 0.2) is 11.7 Å². The highest BCUT2D eigenvalue weighted by Crippen LogP contribution is 2.33. The highest BCUT2D eigenvalue weighted by atomic mass is 19.4. The van der Waals surface area contributed by atoms with Crippen LogP contribution in [0.1, 0.15) is 22.0 Å². The normalized spacial score (nSPS) is 12.4. The number of halogens is 6. The number of amides is 1. The molecule has 0 saturated carbocycles. The van der Waals surface area contributed by atoms with Crippen molar-refractivity contribution >= 4 is 22.8 Å². The van der Waals surface area contributed by atoms with Crippen molar-refractivity contribution in [2.75, 3.05) is 19.0 Å². The molecule has 0 saturated heterocycles. The standard InChI is InChI=1S/C25H18F6N4O2/c1-34(2)20-9-7-16-21(36)17(12-35(23(16)32-20)19-8-6-15(27)11-18(19)28)24(37)33-22(25(29,30)31)13-4-3-5-14(26)10-13/h3-12,22H,1-2H3,(H,33,37). The van der Waals surface area contributed by atoms with E-state index in [1.165, 1.54) is 12.1 Å². The van der Waals surface area contributed by atoms with Crippen molar-refractivity contribution in [3.8, 4) is 5.69 Å². The average molecular weight is 520 g/mol. The number of anilines is 1. The highest BCUT2D eigenvalue weighted by Gasteiger charge is 2.42. The van der Waals surface area contributed by atoms with E-state index in [4.69, 9.17) is 0 Å². The summed E-state index contributed by atoms with van der Waals surface area (Å²) in [5.41, 5.74) is -2.74. The third-order valence-electron chi connectivity index (χ3n) is 5.49. The molecule has 0 fully saturated rings. The quantitative estimate of drug-likeness (QED) is 0.380. The predicted molar refractivity (Wildman–Crippen MR) is 124 cm³/mol. The van der Waals surface area contributed by atoms with Gasteiger partial charge in [-0.05, 0) is 42.0 Å². The van der Waals surface area contributed by atoms with E-state index in [0.717, 1.165) is 41.1 Å². The minimum absolute atomic E-state index is 0.115. The van der Waals surface area contributed by atoms with Crippen LogP contribution in [-0.4, -0.2) is 35.7 Å². The number of nitrogens with zero attached hydrogens (tertiary/aromatic N) is 3. The maximum atomic E-state index is 14.7. The molecule has 2 aromatic heterocycles. The van der Waals surface area contributed by atoms with Crippen molar-refractivity contribution in [1.29, 1.82) is 0 Å². The summed E-state index contributed by atoms with van der Waals surface area (Å²) in [4.78, 5) is 32.1. The van der Waals surface area contributed by atoms with E-state index in [0.29, 0.717) is 18.0 Å². The van der Waals surface area contributed by atoms with E-state index in [2.05, 4.69) is 4.98 Å². The predicted octanol–water partition coefficient (Wildman–Crippen LogP) is 4.90. The fourth-order valence-corrected chi connectivity index (χ4v) is 3.71. The van der Waals surface area contributed by atoms with Gasteiger partial charge in [-0.25, -0.2) is 18.2 Å². The van der Waals surface area contributed by atoms with Crippen molar-refractivity contribution in [2.45, 2.75) is 12.2 Å². The molecule has 0 bridgehead atoms. The third-order valence-corrected chi connectivity index (χ3v) is 5.49. The van der Waals surface area contributed by atoms with E-state index in [-0.39, 0.29) is 16.7 Å². The molecule has 1 amide bonds. The number of alkyl halides is 3. The molecule has 2 heterocycles. The summed E-state index contributed by atoms with van der Waals surface area (Å²) in [6.45, 7) is 0. The van der Waals surface area contributed by atoms with Crippen LogP contribution in [0.2, 0.25) is 0 Å². The summed E-state index contributed by atoms with van der Waals surface area (Å²) in [6.07, 6.45) is -4.20. The molecule has 1 N–H and O–H groups in total. The van der Waals surface area contributed by atoms with Gasteiger partial charge in [-0.1, -0.05) is 12.1 Å². The minimum Gasteiger partial charge on any atom is -0.363 e. The second kappa shape index (κ2) is 9.60. The Kier molecular flexibility index (Phi) is 6.68. The fourth-order valence-electron chi connectivity index (χ4n) is 3.71. The van der Waals surface area contributed by atoms with Crippen LogP contribution < -0.4 is 15.6 Å². The van der Waals surface area contributed by atoms with E-state index < -0.39 is 52.1 Å². The summed E-state index contributed by atoms with van der Waals surface area (Å²) < 4.78 is 84.3. The summed E-state index contributed by atoms with van der Waals surface area (Å²) >= 11 is 0.